The topological polar surface area (TPSA) is 87.3 Å². The number of amides is 1. The van der Waals surface area contributed by atoms with Crippen LogP contribution >= 0.6 is 0 Å². The zero-order valence-electron chi connectivity index (χ0n) is 12.2. The number of sulfonamides is 1. The second-order valence-electron chi connectivity index (χ2n) is 5.24. The van der Waals surface area contributed by atoms with Gasteiger partial charge in [0.2, 0.25) is 15.9 Å². The number of benzene rings is 1. The van der Waals surface area contributed by atoms with Gasteiger partial charge in [0.1, 0.15) is 4.90 Å². The van der Waals surface area contributed by atoms with E-state index in [1.165, 1.54) is 13.1 Å². The molecule has 116 valence electrons. The summed E-state index contributed by atoms with van der Waals surface area (Å²) >= 11 is 0. The van der Waals surface area contributed by atoms with Gasteiger partial charge in [-0.3, -0.25) is 4.79 Å². The largest absolute Gasteiger partial charge is 0.323 e. The first-order valence-corrected chi connectivity index (χ1v) is 8.51. The van der Waals surface area contributed by atoms with Crippen molar-refractivity contribution >= 4 is 21.6 Å². The first-order valence-electron chi connectivity index (χ1n) is 7.02. The Kier molecular flexibility index (Phi) is 4.97. The van der Waals surface area contributed by atoms with Crippen LogP contribution in [0.4, 0.5) is 5.69 Å². The maximum absolute atomic E-state index is 12.4. The van der Waals surface area contributed by atoms with Crippen molar-refractivity contribution in [3.05, 3.63) is 24.3 Å². The third kappa shape index (κ3) is 3.61. The summed E-state index contributed by atoms with van der Waals surface area (Å²) in [6.07, 6.45) is 2.04. The van der Waals surface area contributed by atoms with Gasteiger partial charge in [-0.1, -0.05) is 19.1 Å². The van der Waals surface area contributed by atoms with E-state index in [4.69, 9.17) is 0 Å². The Hall–Kier alpha value is -1.44. The highest BCUT2D eigenvalue weighted by atomic mass is 32.2. The molecule has 1 aliphatic heterocycles. The summed E-state index contributed by atoms with van der Waals surface area (Å²) in [6, 6.07) is 6.10. The summed E-state index contributed by atoms with van der Waals surface area (Å²) in [6.45, 7) is 2.82. The number of anilines is 1. The average Bonchev–Trinajstić information content (AvgIpc) is 2.48. The van der Waals surface area contributed by atoms with E-state index in [0.29, 0.717) is 5.69 Å². The average molecular weight is 311 g/mol. The summed E-state index contributed by atoms with van der Waals surface area (Å²) in [7, 11) is -2.26. The molecule has 1 aromatic carbocycles. The standard InChI is InChI=1S/C14H21N3O3S/c1-10-6-5-9-16-13(10)14(18)17-11-7-3-4-8-12(11)21(19,20)15-2/h3-4,7-8,10,13,15-16H,5-6,9H2,1-2H3,(H,17,18). The van der Waals surface area contributed by atoms with Crippen molar-refractivity contribution in [2.75, 3.05) is 18.9 Å². The van der Waals surface area contributed by atoms with Crippen LogP contribution in [0.15, 0.2) is 29.2 Å². The summed E-state index contributed by atoms with van der Waals surface area (Å²) in [5.74, 6) is 0.0350. The predicted octanol–water partition coefficient (Wildman–Crippen LogP) is 0.921. The molecule has 2 atom stereocenters. The molecule has 1 aromatic rings. The summed E-state index contributed by atoms with van der Waals surface area (Å²) in [5, 5.41) is 5.91. The first-order chi connectivity index (χ1) is 9.95. The van der Waals surface area contributed by atoms with Gasteiger partial charge in [0.25, 0.3) is 0 Å². The van der Waals surface area contributed by atoms with Gasteiger partial charge in [-0.05, 0) is 44.5 Å². The third-order valence-electron chi connectivity index (χ3n) is 3.76. The summed E-state index contributed by atoms with van der Waals surface area (Å²) in [4.78, 5) is 12.4. The van der Waals surface area contributed by atoms with Crippen LogP contribution in [-0.2, 0) is 14.8 Å². The van der Waals surface area contributed by atoms with E-state index in [-0.39, 0.29) is 22.8 Å². The zero-order chi connectivity index (χ0) is 15.5. The SMILES string of the molecule is CNS(=O)(=O)c1ccccc1NC(=O)C1NCCCC1C. The lowest BCUT2D eigenvalue weighted by molar-refractivity contribution is -0.119. The molecule has 1 heterocycles. The van der Waals surface area contributed by atoms with Crippen LogP contribution in [0.25, 0.3) is 0 Å². The van der Waals surface area contributed by atoms with E-state index in [2.05, 4.69) is 15.4 Å². The van der Waals surface area contributed by atoms with Crippen LogP contribution < -0.4 is 15.4 Å². The van der Waals surface area contributed by atoms with E-state index >= 15 is 0 Å². The molecule has 1 aliphatic rings. The zero-order valence-corrected chi connectivity index (χ0v) is 13.0. The molecule has 0 aliphatic carbocycles. The van der Waals surface area contributed by atoms with Gasteiger partial charge in [-0.2, -0.15) is 0 Å². The van der Waals surface area contributed by atoms with Crippen molar-refractivity contribution in [2.24, 2.45) is 5.92 Å². The fourth-order valence-corrected chi connectivity index (χ4v) is 3.41. The monoisotopic (exact) mass is 311 g/mol. The molecule has 6 nitrogen and oxygen atoms in total. The van der Waals surface area contributed by atoms with Gasteiger partial charge in [-0.15, -0.1) is 0 Å². The fraction of sp³-hybridized carbons (Fsp3) is 0.500. The molecule has 1 amide bonds. The lowest BCUT2D eigenvalue weighted by atomic mass is 9.92. The Morgan fingerprint density at radius 3 is 2.71 bits per heavy atom. The van der Waals surface area contributed by atoms with Crippen LogP contribution in [0, 0.1) is 5.92 Å². The van der Waals surface area contributed by atoms with Crippen molar-refractivity contribution in [3.8, 4) is 0 Å². The van der Waals surface area contributed by atoms with E-state index in [1.54, 1.807) is 18.2 Å². The minimum atomic E-state index is -3.60. The molecule has 3 N–H and O–H groups in total. The molecule has 2 rings (SSSR count). The highest BCUT2D eigenvalue weighted by Crippen LogP contribution is 2.22. The number of carbonyl (C=O) groups excluding carboxylic acids is 1. The molecule has 0 bridgehead atoms. The number of para-hydroxylation sites is 1. The predicted molar refractivity (Wildman–Crippen MR) is 81.5 cm³/mol. The van der Waals surface area contributed by atoms with Gasteiger partial charge in [0.15, 0.2) is 0 Å². The quantitative estimate of drug-likeness (QED) is 0.772. The van der Waals surface area contributed by atoms with Gasteiger partial charge in [0, 0.05) is 0 Å². The Morgan fingerprint density at radius 1 is 1.33 bits per heavy atom. The molecule has 1 saturated heterocycles. The molecule has 21 heavy (non-hydrogen) atoms. The van der Waals surface area contributed by atoms with Crippen LogP contribution in [0.1, 0.15) is 19.8 Å². The van der Waals surface area contributed by atoms with Crippen LogP contribution in [0.2, 0.25) is 0 Å². The minimum Gasteiger partial charge on any atom is -0.323 e. The van der Waals surface area contributed by atoms with Crippen molar-refractivity contribution < 1.29 is 13.2 Å². The smallest absolute Gasteiger partial charge is 0.242 e. The van der Waals surface area contributed by atoms with Gasteiger partial charge in [0.05, 0.1) is 11.7 Å². The second kappa shape index (κ2) is 6.55. The second-order valence-corrected chi connectivity index (χ2v) is 7.10. The number of rotatable bonds is 4. The molecular formula is C14H21N3O3S. The van der Waals surface area contributed by atoms with Crippen molar-refractivity contribution in [1.82, 2.24) is 10.0 Å². The van der Waals surface area contributed by atoms with E-state index in [9.17, 15) is 13.2 Å². The Bertz CT molecular complexity index is 616. The highest BCUT2D eigenvalue weighted by molar-refractivity contribution is 7.89. The van der Waals surface area contributed by atoms with E-state index in [0.717, 1.165) is 19.4 Å². The molecular weight excluding hydrogens is 290 g/mol. The Labute approximate surface area is 125 Å². The van der Waals surface area contributed by atoms with Gasteiger partial charge in [-0.25, -0.2) is 13.1 Å². The molecule has 0 aromatic heterocycles. The Balaban J connectivity index is 2.22. The van der Waals surface area contributed by atoms with Gasteiger partial charge >= 0.3 is 0 Å². The van der Waals surface area contributed by atoms with Crippen LogP contribution in [0.5, 0.6) is 0 Å². The third-order valence-corrected chi connectivity index (χ3v) is 5.23. The number of piperidine rings is 1. The van der Waals surface area contributed by atoms with Crippen LogP contribution in [-0.4, -0.2) is 34.0 Å². The molecule has 2 unspecified atom stereocenters. The summed E-state index contributed by atoms with van der Waals surface area (Å²) in [5.41, 5.74) is 0.302. The maximum atomic E-state index is 12.4. The van der Waals surface area contributed by atoms with Crippen LogP contribution in [0.3, 0.4) is 0 Å². The number of hydrogen-bond donors (Lipinski definition) is 3. The van der Waals surface area contributed by atoms with Crippen molar-refractivity contribution in [1.29, 1.82) is 0 Å². The fourth-order valence-electron chi connectivity index (χ4n) is 2.53. The number of carbonyl (C=O) groups is 1. The van der Waals surface area contributed by atoms with Crippen molar-refractivity contribution in [3.63, 3.8) is 0 Å². The molecule has 0 spiro atoms. The normalized spacial score (nSPS) is 22.8. The summed E-state index contributed by atoms with van der Waals surface area (Å²) < 4.78 is 26.2. The van der Waals surface area contributed by atoms with E-state index in [1.807, 2.05) is 6.92 Å². The highest BCUT2D eigenvalue weighted by Gasteiger charge is 2.28. The van der Waals surface area contributed by atoms with Gasteiger partial charge < -0.3 is 10.6 Å². The molecule has 1 fully saturated rings. The van der Waals surface area contributed by atoms with E-state index < -0.39 is 10.0 Å². The maximum Gasteiger partial charge on any atom is 0.242 e. The molecule has 0 saturated carbocycles. The Morgan fingerprint density at radius 2 is 2.05 bits per heavy atom. The molecule has 0 radical (unpaired) electrons. The lowest BCUT2D eigenvalue weighted by Gasteiger charge is -2.29. The lowest BCUT2D eigenvalue weighted by Crippen LogP contribution is -2.48. The molecule has 7 heteroatoms. The number of nitrogens with one attached hydrogen (secondary N) is 3. The first kappa shape index (κ1) is 15.9. The number of hydrogen-bond acceptors (Lipinski definition) is 4. The van der Waals surface area contributed by atoms with Crippen molar-refractivity contribution in [2.45, 2.75) is 30.7 Å². The minimum absolute atomic E-state index is 0.0734.